The average molecular weight is 239 g/mol. The Kier molecular flexibility index (Phi) is 4.05. The van der Waals surface area contributed by atoms with Crippen LogP contribution >= 0.6 is 0 Å². The van der Waals surface area contributed by atoms with Gasteiger partial charge in [0.15, 0.2) is 5.69 Å². The van der Waals surface area contributed by atoms with Crippen LogP contribution in [-0.4, -0.2) is 47.6 Å². The summed E-state index contributed by atoms with van der Waals surface area (Å²) in [6.45, 7) is 4.70. The number of esters is 1. The lowest BCUT2D eigenvalue weighted by atomic mass is 10.1. The number of aromatic amines is 1. The fourth-order valence-electron chi connectivity index (χ4n) is 1.83. The van der Waals surface area contributed by atoms with Crippen molar-refractivity contribution in [3.05, 3.63) is 11.4 Å². The van der Waals surface area contributed by atoms with Crippen molar-refractivity contribution < 1.29 is 9.53 Å². The minimum Gasteiger partial charge on any atom is -0.461 e. The van der Waals surface area contributed by atoms with E-state index in [0.29, 0.717) is 12.3 Å². The predicted octanol–water partition coefficient (Wildman–Crippen LogP) is -0.395. The molecule has 7 nitrogen and oxygen atoms in total. The third-order valence-electron chi connectivity index (χ3n) is 2.64. The van der Waals surface area contributed by atoms with Crippen LogP contribution in [0.3, 0.4) is 0 Å². The molecule has 2 heterocycles. The maximum absolute atomic E-state index is 11.7. The van der Waals surface area contributed by atoms with E-state index >= 15 is 0 Å². The first-order chi connectivity index (χ1) is 8.33. The Labute approximate surface area is 99.3 Å². The molecule has 0 bridgehead atoms. The third-order valence-corrected chi connectivity index (χ3v) is 2.64. The fraction of sp³-hybridized carbons (Fsp3) is 0.700. The molecule has 1 unspecified atom stereocenters. The largest absolute Gasteiger partial charge is 0.461 e. The van der Waals surface area contributed by atoms with Gasteiger partial charge in [-0.25, -0.2) is 4.79 Å². The molecule has 0 aliphatic carbocycles. The highest BCUT2D eigenvalue weighted by atomic mass is 16.5. The van der Waals surface area contributed by atoms with E-state index in [2.05, 4.69) is 26.0 Å². The zero-order valence-corrected chi connectivity index (χ0v) is 9.82. The number of aromatic nitrogens is 3. The van der Waals surface area contributed by atoms with Crippen LogP contribution in [0.1, 0.15) is 35.6 Å². The van der Waals surface area contributed by atoms with E-state index < -0.39 is 5.97 Å². The second kappa shape index (κ2) is 5.74. The van der Waals surface area contributed by atoms with Crippen LogP contribution < -0.4 is 10.6 Å². The minimum absolute atomic E-state index is 0.00402. The summed E-state index contributed by atoms with van der Waals surface area (Å²) in [5.41, 5.74) is 0.894. The van der Waals surface area contributed by atoms with Crippen molar-refractivity contribution in [1.29, 1.82) is 0 Å². The molecule has 3 N–H and O–H groups in total. The zero-order valence-electron chi connectivity index (χ0n) is 9.82. The number of carbonyl (C=O) groups excluding carboxylic acids is 1. The summed E-state index contributed by atoms with van der Waals surface area (Å²) in [7, 11) is 0. The molecular formula is C10H17N5O2. The van der Waals surface area contributed by atoms with Gasteiger partial charge in [-0.3, -0.25) is 0 Å². The number of rotatable bonds is 3. The van der Waals surface area contributed by atoms with Gasteiger partial charge in [-0.15, -0.1) is 5.10 Å². The van der Waals surface area contributed by atoms with E-state index in [9.17, 15) is 4.79 Å². The molecule has 0 radical (unpaired) electrons. The van der Waals surface area contributed by atoms with Crippen molar-refractivity contribution in [3.63, 3.8) is 0 Å². The van der Waals surface area contributed by atoms with Gasteiger partial charge in [0.1, 0.15) is 5.69 Å². The molecule has 1 saturated heterocycles. The SMILES string of the molecule is CCOC(=O)c1n[nH]nc1C1CNCCCN1. The van der Waals surface area contributed by atoms with Gasteiger partial charge in [0.2, 0.25) is 0 Å². The Morgan fingerprint density at radius 3 is 3.18 bits per heavy atom. The normalized spacial score (nSPS) is 20.9. The molecule has 2 rings (SSSR count). The summed E-state index contributed by atoms with van der Waals surface area (Å²) >= 11 is 0. The highest BCUT2D eigenvalue weighted by Gasteiger charge is 2.25. The van der Waals surface area contributed by atoms with Crippen molar-refractivity contribution in [2.75, 3.05) is 26.2 Å². The van der Waals surface area contributed by atoms with Gasteiger partial charge < -0.3 is 15.4 Å². The number of nitrogens with one attached hydrogen (secondary N) is 3. The van der Waals surface area contributed by atoms with Crippen LogP contribution in [0.15, 0.2) is 0 Å². The highest BCUT2D eigenvalue weighted by molar-refractivity contribution is 5.88. The first kappa shape index (κ1) is 12.0. The third kappa shape index (κ3) is 2.80. The van der Waals surface area contributed by atoms with E-state index in [1.54, 1.807) is 6.92 Å². The van der Waals surface area contributed by atoms with Gasteiger partial charge >= 0.3 is 5.97 Å². The molecule has 7 heteroatoms. The molecule has 0 amide bonds. The van der Waals surface area contributed by atoms with E-state index in [1.807, 2.05) is 0 Å². The van der Waals surface area contributed by atoms with Gasteiger partial charge in [-0.1, -0.05) is 0 Å². The maximum atomic E-state index is 11.7. The zero-order chi connectivity index (χ0) is 12.1. The lowest BCUT2D eigenvalue weighted by Crippen LogP contribution is -2.29. The van der Waals surface area contributed by atoms with E-state index in [1.165, 1.54) is 0 Å². The van der Waals surface area contributed by atoms with Crippen LogP contribution in [0, 0.1) is 0 Å². The Morgan fingerprint density at radius 1 is 1.47 bits per heavy atom. The summed E-state index contributed by atoms with van der Waals surface area (Å²) < 4.78 is 4.94. The lowest BCUT2D eigenvalue weighted by molar-refractivity contribution is 0.0517. The molecule has 0 spiro atoms. The Balaban J connectivity index is 2.14. The Hall–Kier alpha value is -1.47. The smallest absolute Gasteiger partial charge is 0.360 e. The molecule has 94 valence electrons. The highest BCUT2D eigenvalue weighted by Crippen LogP contribution is 2.14. The van der Waals surface area contributed by atoms with Crippen molar-refractivity contribution in [1.82, 2.24) is 26.0 Å². The first-order valence-electron chi connectivity index (χ1n) is 5.84. The second-order valence-corrected chi connectivity index (χ2v) is 3.84. The molecule has 1 aliphatic rings. The molecule has 1 fully saturated rings. The first-order valence-corrected chi connectivity index (χ1v) is 5.84. The number of ether oxygens (including phenoxy) is 1. The number of hydrogen-bond donors (Lipinski definition) is 3. The summed E-state index contributed by atoms with van der Waals surface area (Å²) in [6.07, 6.45) is 1.06. The van der Waals surface area contributed by atoms with Gasteiger partial charge in [-0.05, 0) is 26.4 Å². The van der Waals surface area contributed by atoms with Gasteiger partial charge in [0, 0.05) is 6.54 Å². The lowest BCUT2D eigenvalue weighted by Gasteiger charge is -2.13. The molecule has 0 aromatic carbocycles. The predicted molar refractivity (Wildman–Crippen MR) is 60.6 cm³/mol. The van der Waals surface area contributed by atoms with Gasteiger partial charge in [0.25, 0.3) is 0 Å². The average Bonchev–Trinajstić information content (AvgIpc) is 2.65. The number of nitrogens with zero attached hydrogens (tertiary/aromatic N) is 2. The molecular weight excluding hydrogens is 222 g/mol. The fourth-order valence-corrected chi connectivity index (χ4v) is 1.83. The summed E-state index contributed by atoms with van der Waals surface area (Å²) in [4.78, 5) is 11.7. The standard InChI is InChI=1S/C10H17N5O2/c1-2-17-10(16)9-8(13-15-14-9)7-6-11-4-3-5-12-7/h7,11-12H,2-6H2,1H3,(H,13,14,15). The maximum Gasteiger partial charge on any atom is 0.360 e. The number of H-pyrrole nitrogens is 1. The molecule has 1 aliphatic heterocycles. The van der Waals surface area contributed by atoms with E-state index in [0.717, 1.165) is 26.1 Å². The van der Waals surface area contributed by atoms with Crippen LogP contribution in [0.5, 0.6) is 0 Å². The summed E-state index contributed by atoms with van der Waals surface area (Å²) in [5, 5.41) is 17.0. The summed E-state index contributed by atoms with van der Waals surface area (Å²) in [6, 6.07) is -0.00402. The molecule has 1 aromatic heterocycles. The number of hydrogen-bond acceptors (Lipinski definition) is 6. The minimum atomic E-state index is -0.428. The van der Waals surface area contributed by atoms with Crippen LogP contribution in [0.25, 0.3) is 0 Å². The number of carbonyl (C=O) groups is 1. The van der Waals surface area contributed by atoms with E-state index in [4.69, 9.17) is 4.74 Å². The molecule has 1 atom stereocenters. The second-order valence-electron chi connectivity index (χ2n) is 3.84. The van der Waals surface area contributed by atoms with Crippen molar-refractivity contribution in [2.45, 2.75) is 19.4 Å². The molecule has 17 heavy (non-hydrogen) atoms. The monoisotopic (exact) mass is 239 g/mol. The van der Waals surface area contributed by atoms with Crippen molar-refractivity contribution in [3.8, 4) is 0 Å². The van der Waals surface area contributed by atoms with Gasteiger partial charge in [-0.2, -0.15) is 10.3 Å². The Bertz CT molecular complexity index is 371. The Morgan fingerprint density at radius 2 is 2.35 bits per heavy atom. The molecule has 0 saturated carbocycles. The van der Waals surface area contributed by atoms with Crippen molar-refractivity contribution in [2.24, 2.45) is 0 Å². The van der Waals surface area contributed by atoms with Crippen LogP contribution in [0.2, 0.25) is 0 Å². The van der Waals surface area contributed by atoms with Crippen LogP contribution in [-0.2, 0) is 4.74 Å². The summed E-state index contributed by atoms with van der Waals surface area (Å²) in [5.74, 6) is -0.428. The van der Waals surface area contributed by atoms with Gasteiger partial charge in [0.05, 0.1) is 12.6 Å². The topological polar surface area (TPSA) is 91.9 Å². The van der Waals surface area contributed by atoms with Crippen LogP contribution in [0.4, 0.5) is 0 Å². The molecule has 1 aromatic rings. The van der Waals surface area contributed by atoms with E-state index in [-0.39, 0.29) is 11.7 Å². The quantitative estimate of drug-likeness (QED) is 0.622. The van der Waals surface area contributed by atoms with Crippen molar-refractivity contribution >= 4 is 5.97 Å².